The van der Waals surface area contributed by atoms with E-state index in [2.05, 4.69) is 20.6 Å². The smallest absolute Gasteiger partial charge is 0.225 e. The maximum atomic E-state index is 9.27. The van der Waals surface area contributed by atoms with E-state index in [1.165, 1.54) is 0 Å². The summed E-state index contributed by atoms with van der Waals surface area (Å²) in [5, 5.41) is 16.3. The van der Waals surface area contributed by atoms with Crippen LogP contribution in [0.4, 0.5) is 17.5 Å². The minimum atomic E-state index is -0.148. The number of hydrogen-bond acceptors (Lipinski definition) is 5. The number of nitrogens with one attached hydrogen (secondary N) is 2. The third kappa shape index (κ3) is 4.68. The van der Waals surface area contributed by atoms with Crippen LogP contribution in [0.25, 0.3) is 11.3 Å². The van der Waals surface area contributed by atoms with E-state index in [0.717, 1.165) is 16.9 Å². The lowest BCUT2D eigenvalue weighted by Crippen LogP contribution is -2.21. The van der Waals surface area contributed by atoms with E-state index in [-0.39, 0.29) is 12.6 Å². The molecule has 0 saturated carbocycles. The predicted molar refractivity (Wildman–Crippen MR) is 102 cm³/mol. The van der Waals surface area contributed by atoms with Gasteiger partial charge in [0.05, 0.1) is 12.3 Å². The summed E-state index contributed by atoms with van der Waals surface area (Å²) in [6, 6.07) is 19.0. The van der Waals surface area contributed by atoms with Crippen LogP contribution in [0.15, 0.2) is 60.7 Å². The van der Waals surface area contributed by atoms with Crippen molar-refractivity contribution in [2.24, 2.45) is 0 Å². The molecule has 3 N–H and O–H groups in total. The van der Waals surface area contributed by atoms with Gasteiger partial charge in [0.15, 0.2) is 0 Å². The standard InChI is InChI=1S/C19H19ClN4O/c1-13(12-25)21-19-23-17(14-6-3-2-4-7-14)11-18(24-19)22-16-9-5-8-15(20)10-16/h2-11,13,25H,12H2,1H3,(H2,21,22,23,24)/t13-/m0/s1. The summed E-state index contributed by atoms with van der Waals surface area (Å²) < 4.78 is 0. The molecule has 3 rings (SSSR count). The van der Waals surface area contributed by atoms with Crippen molar-refractivity contribution >= 4 is 29.1 Å². The zero-order valence-corrected chi connectivity index (χ0v) is 14.5. The molecule has 0 bridgehead atoms. The number of halogens is 1. The molecule has 0 radical (unpaired) electrons. The van der Waals surface area contributed by atoms with Crippen LogP contribution in [0.2, 0.25) is 5.02 Å². The average Bonchev–Trinajstić information content (AvgIpc) is 2.62. The minimum absolute atomic E-state index is 0.00399. The van der Waals surface area contributed by atoms with Gasteiger partial charge in [0, 0.05) is 28.4 Å². The van der Waals surface area contributed by atoms with Gasteiger partial charge in [-0.1, -0.05) is 48.0 Å². The Morgan fingerprint density at radius 3 is 2.56 bits per heavy atom. The summed E-state index contributed by atoms with van der Waals surface area (Å²) in [6.45, 7) is 1.86. The highest BCUT2D eigenvalue weighted by molar-refractivity contribution is 6.30. The largest absolute Gasteiger partial charge is 0.394 e. The number of benzene rings is 2. The molecule has 1 aromatic heterocycles. The maximum Gasteiger partial charge on any atom is 0.225 e. The number of aromatic nitrogens is 2. The molecule has 0 unspecified atom stereocenters. The first-order chi connectivity index (χ1) is 12.1. The first-order valence-electron chi connectivity index (χ1n) is 7.98. The van der Waals surface area contributed by atoms with Crippen molar-refractivity contribution in [2.75, 3.05) is 17.2 Å². The van der Waals surface area contributed by atoms with Gasteiger partial charge in [0.1, 0.15) is 5.82 Å². The molecule has 5 nitrogen and oxygen atoms in total. The van der Waals surface area contributed by atoms with Crippen LogP contribution in [0, 0.1) is 0 Å². The van der Waals surface area contributed by atoms with Gasteiger partial charge in [-0.05, 0) is 25.1 Å². The summed E-state index contributed by atoms with van der Waals surface area (Å²) in [6.07, 6.45) is 0. The van der Waals surface area contributed by atoms with Crippen LogP contribution in [0.5, 0.6) is 0 Å². The lowest BCUT2D eigenvalue weighted by molar-refractivity contribution is 0.281. The van der Waals surface area contributed by atoms with Crippen molar-refractivity contribution in [2.45, 2.75) is 13.0 Å². The molecular formula is C19H19ClN4O. The second kappa shape index (κ2) is 7.96. The SMILES string of the molecule is C[C@@H](CO)Nc1nc(Nc2cccc(Cl)c2)cc(-c2ccccc2)n1. The van der Waals surface area contributed by atoms with Crippen LogP contribution in [-0.2, 0) is 0 Å². The Labute approximate surface area is 151 Å². The molecule has 1 heterocycles. The van der Waals surface area contributed by atoms with E-state index in [4.69, 9.17) is 11.6 Å². The van der Waals surface area contributed by atoms with Gasteiger partial charge < -0.3 is 15.7 Å². The number of nitrogens with zero attached hydrogens (tertiary/aromatic N) is 2. The summed E-state index contributed by atoms with van der Waals surface area (Å²) in [5.74, 6) is 1.09. The van der Waals surface area contributed by atoms with Crippen LogP contribution < -0.4 is 10.6 Å². The van der Waals surface area contributed by atoms with Crippen LogP contribution in [0.1, 0.15) is 6.92 Å². The van der Waals surface area contributed by atoms with E-state index in [0.29, 0.717) is 16.8 Å². The first-order valence-corrected chi connectivity index (χ1v) is 8.36. The Morgan fingerprint density at radius 2 is 1.84 bits per heavy atom. The Morgan fingerprint density at radius 1 is 1.04 bits per heavy atom. The predicted octanol–water partition coefficient (Wildman–Crippen LogP) is 4.33. The summed E-state index contributed by atoms with van der Waals surface area (Å²) in [5.41, 5.74) is 2.61. The Bertz CT molecular complexity index is 842. The minimum Gasteiger partial charge on any atom is -0.394 e. The lowest BCUT2D eigenvalue weighted by atomic mass is 10.1. The van der Waals surface area contributed by atoms with E-state index in [9.17, 15) is 5.11 Å². The second-order valence-electron chi connectivity index (χ2n) is 5.69. The van der Waals surface area contributed by atoms with E-state index in [1.54, 1.807) is 0 Å². The summed E-state index contributed by atoms with van der Waals surface area (Å²) in [4.78, 5) is 9.04. The third-order valence-corrected chi connectivity index (χ3v) is 3.78. The Hall–Kier alpha value is -2.63. The van der Waals surface area contributed by atoms with Gasteiger partial charge >= 0.3 is 0 Å². The second-order valence-corrected chi connectivity index (χ2v) is 6.13. The van der Waals surface area contributed by atoms with Gasteiger partial charge in [0.2, 0.25) is 5.95 Å². The number of anilines is 3. The molecule has 1 atom stereocenters. The van der Waals surface area contributed by atoms with E-state index < -0.39 is 0 Å². The Kier molecular flexibility index (Phi) is 5.48. The van der Waals surface area contributed by atoms with Gasteiger partial charge in [-0.15, -0.1) is 0 Å². The molecule has 6 heteroatoms. The lowest BCUT2D eigenvalue weighted by Gasteiger charge is -2.14. The highest BCUT2D eigenvalue weighted by Crippen LogP contribution is 2.24. The number of aliphatic hydroxyl groups is 1. The summed E-state index contributed by atoms with van der Waals surface area (Å²) >= 11 is 6.04. The van der Waals surface area contributed by atoms with Gasteiger partial charge in [0.25, 0.3) is 0 Å². The van der Waals surface area contributed by atoms with Gasteiger partial charge in [-0.3, -0.25) is 0 Å². The van der Waals surface area contributed by atoms with Crippen molar-refractivity contribution < 1.29 is 5.11 Å². The molecule has 0 aliphatic heterocycles. The molecule has 0 fully saturated rings. The third-order valence-electron chi connectivity index (χ3n) is 3.54. The first kappa shape index (κ1) is 17.2. The summed E-state index contributed by atoms with van der Waals surface area (Å²) in [7, 11) is 0. The zero-order chi connectivity index (χ0) is 17.6. The molecule has 2 aromatic carbocycles. The fraction of sp³-hybridized carbons (Fsp3) is 0.158. The molecule has 128 valence electrons. The monoisotopic (exact) mass is 354 g/mol. The quantitative estimate of drug-likeness (QED) is 0.614. The van der Waals surface area contributed by atoms with Crippen LogP contribution in [0.3, 0.4) is 0 Å². The van der Waals surface area contributed by atoms with Crippen molar-refractivity contribution in [1.82, 2.24) is 9.97 Å². The van der Waals surface area contributed by atoms with E-state index in [1.807, 2.05) is 67.6 Å². The fourth-order valence-electron chi connectivity index (χ4n) is 2.31. The Balaban J connectivity index is 1.97. The normalized spacial score (nSPS) is 11.8. The molecule has 25 heavy (non-hydrogen) atoms. The van der Waals surface area contributed by atoms with Gasteiger partial charge in [-0.2, -0.15) is 4.98 Å². The van der Waals surface area contributed by atoms with Crippen molar-refractivity contribution in [3.8, 4) is 11.3 Å². The molecular weight excluding hydrogens is 336 g/mol. The highest BCUT2D eigenvalue weighted by Gasteiger charge is 2.09. The number of rotatable bonds is 6. The molecule has 0 spiro atoms. The number of hydrogen-bond donors (Lipinski definition) is 3. The van der Waals surface area contributed by atoms with Gasteiger partial charge in [-0.25, -0.2) is 4.98 Å². The number of aliphatic hydroxyl groups excluding tert-OH is 1. The molecule has 3 aromatic rings. The average molecular weight is 355 g/mol. The molecule has 0 aliphatic rings. The van der Waals surface area contributed by atoms with Crippen LogP contribution >= 0.6 is 11.6 Å². The van der Waals surface area contributed by atoms with E-state index >= 15 is 0 Å². The molecule has 0 saturated heterocycles. The molecule has 0 amide bonds. The van der Waals surface area contributed by atoms with Crippen molar-refractivity contribution in [3.63, 3.8) is 0 Å². The van der Waals surface area contributed by atoms with Crippen molar-refractivity contribution in [1.29, 1.82) is 0 Å². The highest BCUT2D eigenvalue weighted by atomic mass is 35.5. The maximum absolute atomic E-state index is 9.27. The topological polar surface area (TPSA) is 70.1 Å². The molecule has 0 aliphatic carbocycles. The fourth-order valence-corrected chi connectivity index (χ4v) is 2.50. The van der Waals surface area contributed by atoms with Crippen LogP contribution in [-0.4, -0.2) is 27.7 Å². The van der Waals surface area contributed by atoms with Crippen molar-refractivity contribution in [3.05, 3.63) is 65.7 Å². The zero-order valence-electron chi connectivity index (χ0n) is 13.8.